The lowest BCUT2D eigenvalue weighted by molar-refractivity contribution is 0.191. The van der Waals surface area contributed by atoms with Gasteiger partial charge in [0.25, 0.3) is 0 Å². The lowest BCUT2D eigenvalue weighted by Crippen LogP contribution is -1.94. The summed E-state index contributed by atoms with van der Waals surface area (Å²) in [6.45, 7) is -1.74. The Balaban J connectivity index is 4.40. The summed E-state index contributed by atoms with van der Waals surface area (Å²) in [6.07, 6.45) is 0.985. The average Bonchev–Trinajstić information content (AvgIpc) is 1.96. The lowest BCUT2D eigenvalue weighted by Gasteiger charge is -2.10. The zero-order valence-corrected chi connectivity index (χ0v) is 8.94. The molecule has 0 aliphatic heterocycles. The van der Waals surface area contributed by atoms with E-state index in [-0.39, 0.29) is 5.57 Å². The fourth-order valence-electron chi connectivity index (χ4n) is 0.414. The van der Waals surface area contributed by atoms with Gasteiger partial charge in [0, 0.05) is 4.11 Å². The topological polar surface area (TPSA) is 113 Å². The minimum absolute atomic E-state index is 0.0892. The molecule has 0 aliphatic carbocycles. The van der Waals surface area contributed by atoms with Gasteiger partial charge in [-0.15, -0.1) is 0 Å². The number of phosphoric ester groups is 1. The van der Waals surface area contributed by atoms with Crippen molar-refractivity contribution in [2.75, 3.05) is 6.61 Å². The molecule has 1 atom stereocenters. The van der Waals surface area contributed by atoms with Crippen molar-refractivity contribution in [3.05, 3.63) is 11.6 Å². The molecule has 0 amide bonds. The van der Waals surface area contributed by atoms with Crippen molar-refractivity contribution < 1.29 is 36.8 Å². The predicted molar refractivity (Wildman–Crippen MR) is 48.3 cm³/mol. The van der Waals surface area contributed by atoms with Crippen LogP contribution >= 0.6 is 15.6 Å². The second-order valence-electron chi connectivity index (χ2n) is 2.22. The summed E-state index contributed by atoms with van der Waals surface area (Å²) in [5, 5.41) is 0. The molecule has 0 aromatic rings. The summed E-state index contributed by atoms with van der Waals surface area (Å²) in [4.78, 5) is 25.3. The van der Waals surface area contributed by atoms with Gasteiger partial charge < -0.3 is 14.7 Å². The molecule has 3 N–H and O–H groups in total. The Hall–Kier alpha value is -0.0000000000000000416. The van der Waals surface area contributed by atoms with Crippen LogP contribution in [0.2, 0.25) is 0 Å². The molecule has 0 heterocycles. The van der Waals surface area contributed by atoms with Gasteiger partial charge >= 0.3 is 15.6 Å². The highest BCUT2D eigenvalue weighted by atomic mass is 31.3. The number of rotatable bonds is 5. The normalized spacial score (nSPS) is 22.0. The molecule has 0 spiro atoms. The van der Waals surface area contributed by atoms with Crippen LogP contribution in [0.15, 0.2) is 11.6 Å². The summed E-state index contributed by atoms with van der Waals surface area (Å²) in [5.74, 6) is 0. The van der Waals surface area contributed by atoms with E-state index < -0.39 is 29.1 Å². The van der Waals surface area contributed by atoms with Gasteiger partial charge in [-0.25, -0.2) is 9.13 Å². The molecule has 0 aromatic carbocycles. The van der Waals surface area contributed by atoms with Gasteiger partial charge in [-0.2, -0.15) is 4.31 Å². The van der Waals surface area contributed by atoms with Gasteiger partial charge in [-0.3, -0.25) is 4.52 Å². The summed E-state index contributed by atoms with van der Waals surface area (Å²) in [6, 6.07) is 0. The van der Waals surface area contributed by atoms with Crippen LogP contribution in [0.1, 0.15) is 17.9 Å². The first-order chi connectivity index (χ1) is 7.33. The Morgan fingerprint density at radius 2 is 2.07 bits per heavy atom. The van der Waals surface area contributed by atoms with Crippen molar-refractivity contribution >= 4 is 15.6 Å². The van der Waals surface area contributed by atoms with Crippen LogP contribution in [0.25, 0.3) is 0 Å². The van der Waals surface area contributed by atoms with E-state index in [4.69, 9.17) is 18.8 Å². The highest BCUT2D eigenvalue weighted by molar-refractivity contribution is 7.60. The van der Waals surface area contributed by atoms with Crippen LogP contribution in [-0.4, -0.2) is 21.3 Å². The standard InChI is InChI=1S/C5H12O7P2/c1-5(2)3-4-11-14(9,10)12-13(6,7)8/h3H,4H2,1-2H3,(H,9,10)(H2,6,7,8)/i1D3/b5-3-. The van der Waals surface area contributed by atoms with Crippen LogP contribution in [0, 0.1) is 0 Å². The van der Waals surface area contributed by atoms with E-state index in [1.165, 1.54) is 6.92 Å². The second kappa shape index (κ2) is 5.19. The molecule has 0 aromatic heterocycles. The summed E-state index contributed by atoms with van der Waals surface area (Å²) in [7, 11) is -10.1. The molecule has 7 nitrogen and oxygen atoms in total. The number of phosphoric acid groups is 2. The Bertz CT molecular complexity index is 383. The summed E-state index contributed by atoms with van der Waals surface area (Å²) in [5.41, 5.74) is -0.0892. The maximum atomic E-state index is 10.9. The van der Waals surface area contributed by atoms with Gasteiger partial charge in [0.2, 0.25) is 0 Å². The van der Waals surface area contributed by atoms with Crippen LogP contribution < -0.4 is 0 Å². The van der Waals surface area contributed by atoms with Crippen molar-refractivity contribution in [3.8, 4) is 0 Å². The Morgan fingerprint density at radius 3 is 2.50 bits per heavy atom. The molecule has 14 heavy (non-hydrogen) atoms. The monoisotopic (exact) mass is 249 g/mol. The molecular weight excluding hydrogens is 234 g/mol. The third-order valence-corrected chi connectivity index (χ3v) is 2.99. The van der Waals surface area contributed by atoms with Crippen LogP contribution in [0.4, 0.5) is 0 Å². The van der Waals surface area contributed by atoms with Crippen molar-refractivity contribution in [2.45, 2.75) is 13.8 Å². The molecule has 0 radical (unpaired) electrons. The molecular formula is C5H12O7P2. The molecule has 0 saturated carbocycles. The van der Waals surface area contributed by atoms with Crippen molar-refractivity contribution in [3.63, 3.8) is 0 Å². The first kappa shape index (κ1) is 9.24. The third kappa shape index (κ3) is 8.59. The Labute approximate surface area is 85.4 Å². The van der Waals surface area contributed by atoms with Crippen molar-refractivity contribution in [2.24, 2.45) is 0 Å². The van der Waals surface area contributed by atoms with Gasteiger partial charge in [0.15, 0.2) is 0 Å². The minimum atomic E-state index is -5.15. The third-order valence-electron chi connectivity index (χ3n) is 0.837. The van der Waals surface area contributed by atoms with Crippen molar-refractivity contribution in [1.29, 1.82) is 0 Å². The predicted octanol–water partition coefficient (Wildman–Crippen LogP) is 1.18. The Morgan fingerprint density at radius 1 is 1.50 bits per heavy atom. The number of allylic oxidation sites excluding steroid dienone is 1. The fourth-order valence-corrected chi connectivity index (χ4v) is 1.94. The molecule has 84 valence electrons. The average molecular weight is 249 g/mol. The van der Waals surface area contributed by atoms with E-state index in [1.54, 1.807) is 0 Å². The minimum Gasteiger partial charge on any atom is -0.302 e. The van der Waals surface area contributed by atoms with Crippen LogP contribution in [0.5, 0.6) is 0 Å². The quantitative estimate of drug-likeness (QED) is 0.495. The smallest absolute Gasteiger partial charge is 0.302 e. The van der Waals surface area contributed by atoms with Crippen LogP contribution in [0.3, 0.4) is 0 Å². The first-order valence-corrected chi connectivity index (χ1v) is 6.27. The zero-order chi connectivity index (χ0) is 13.9. The summed E-state index contributed by atoms with van der Waals surface area (Å²) < 4.78 is 49.6. The van der Waals surface area contributed by atoms with Gasteiger partial charge in [0.05, 0.1) is 6.61 Å². The molecule has 0 rings (SSSR count). The van der Waals surface area contributed by atoms with Crippen molar-refractivity contribution in [1.82, 2.24) is 0 Å². The highest BCUT2D eigenvalue weighted by Crippen LogP contribution is 2.57. The zero-order valence-electron chi connectivity index (χ0n) is 10.2. The van der Waals surface area contributed by atoms with E-state index in [1.807, 2.05) is 0 Å². The maximum absolute atomic E-state index is 10.9. The van der Waals surface area contributed by atoms with E-state index in [2.05, 4.69) is 8.83 Å². The second-order valence-corrected chi connectivity index (χ2v) is 5.05. The molecule has 0 fully saturated rings. The van der Waals surface area contributed by atoms with Gasteiger partial charge in [-0.1, -0.05) is 11.6 Å². The fraction of sp³-hybridized carbons (Fsp3) is 0.600. The molecule has 0 aliphatic rings. The highest BCUT2D eigenvalue weighted by Gasteiger charge is 2.31. The van der Waals surface area contributed by atoms with Gasteiger partial charge in [0.1, 0.15) is 0 Å². The molecule has 0 bridgehead atoms. The first-order valence-electron chi connectivity index (χ1n) is 4.75. The Kier molecular flexibility index (Phi) is 3.42. The van der Waals surface area contributed by atoms with E-state index in [9.17, 15) is 9.13 Å². The largest absolute Gasteiger partial charge is 0.481 e. The molecule has 1 unspecified atom stereocenters. The van der Waals surface area contributed by atoms with E-state index in [0.717, 1.165) is 6.08 Å². The van der Waals surface area contributed by atoms with E-state index in [0.29, 0.717) is 0 Å². The lowest BCUT2D eigenvalue weighted by atomic mass is 10.3. The maximum Gasteiger partial charge on any atom is 0.481 e. The molecule has 0 saturated heterocycles. The van der Waals surface area contributed by atoms with E-state index >= 15 is 0 Å². The van der Waals surface area contributed by atoms with Gasteiger partial charge in [-0.05, 0) is 13.8 Å². The summed E-state index contributed by atoms with van der Waals surface area (Å²) >= 11 is 0. The SMILES string of the molecule is [2H]C([2H])([2H])/C(C)=C/COP(=O)(O)OP(=O)(O)O. The number of hydrogen-bond donors (Lipinski definition) is 3. The van der Waals surface area contributed by atoms with Crippen LogP contribution in [-0.2, 0) is 18.0 Å². The molecule has 9 heteroatoms. The number of hydrogen-bond acceptors (Lipinski definition) is 4.